The smallest absolute Gasteiger partial charge is 0.252 e. The molecule has 1 aliphatic rings. The van der Waals surface area contributed by atoms with Gasteiger partial charge in [0.1, 0.15) is 0 Å². The molecule has 0 spiro atoms. The molecular weight excluding hydrogens is 448 g/mol. The van der Waals surface area contributed by atoms with Gasteiger partial charge in [0.2, 0.25) is 10.0 Å². The van der Waals surface area contributed by atoms with Gasteiger partial charge in [-0.3, -0.25) is 4.79 Å². The first-order chi connectivity index (χ1) is 15.0. The van der Waals surface area contributed by atoms with Gasteiger partial charge in [-0.05, 0) is 62.1 Å². The van der Waals surface area contributed by atoms with E-state index in [0.29, 0.717) is 24.2 Å². The van der Waals surface area contributed by atoms with Crippen molar-refractivity contribution in [2.45, 2.75) is 55.4 Å². The lowest BCUT2D eigenvalue weighted by Gasteiger charge is -2.21. The number of hydrogen-bond acceptors (Lipinski definition) is 5. The third kappa shape index (κ3) is 5.57. The minimum atomic E-state index is -3.66. The second-order valence-corrected chi connectivity index (χ2v) is 12.3. The van der Waals surface area contributed by atoms with Crippen LogP contribution in [0.1, 0.15) is 60.1 Å². The number of hydrogen-bond donors (Lipinski definition) is 1. The lowest BCUT2D eigenvalue weighted by Crippen LogP contribution is -2.32. The highest BCUT2D eigenvalue weighted by Gasteiger charge is 2.26. The fraction of sp³-hybridized carbons (Fsp3) is 0.435. The Balaban J connectivity index is 1.81. The van der Waals surface area contributed by atoms with Crippen LogP contribution in [0.5, 0.6) is 0 Å². The van der Waals surface area contributed by atoms with Crippen LogP contribution in [-0.4, -0.2) is 46.4 Å². The zero-order valence-electron chi connectivity index (χ0n) is 18.7. The first-order valence-electron chi connectivity index (χ1n) is 10.7. The van der Waals surface area contributed by atoms with Gasteiger partial charge in [-0.15, -0.1) is 0 Å². The molecule has 0 aliphatic carbocycles. The van der Waals surface area contributed by atoms with E-state index in [-0.39, 0.29) is 21.7 Å². The van der Waals surface area contributed by atoms with Crippen molar-refractivity contribution in [3.05, 3.63) is 59.2 Å². The van der Waals surface area contributed by atoms with Gasteiger partial charge >= 0.3 is 0 Å². The van der Waals surface area contributed by atoms with Crippen LogP contribution < -0.4 is 5.32 Å². The number of nitrogens with one attached hydrogen (secondary N) is 1. The van der Waals surface area contributed by atoms with Gasteiger partial charge < -0.3 is 5.32 Å². The molecule has 1 amide bonds. The normalized spacial score (nSPS) is 16.8. The first-order valence-corrected chi connectivity index (χ1v) is 14.0. The van der Waals surface area contributed by atoms with Crippen LogP contribution in [0.2, 0.25) is 0 Å². The minimum absolute atomic E-state index is 0.125. The molecule has 1 fully saturated rings. The van der Waals surface area contributed by atoms with Gasteiger partial charge in [0, 0.05) is 24.9 Å². The molecule has 174 valence electrons. The molecule has 0 unspecified atom stereocenters. The van der Waals surface area contributed by atoms with Gasteiger partial charge in [0.15, 0.2) is 9.84 Å². The SMILES string of the molecule is Cc1ccc(S(=O)(=O)N2CCCCCC2)cc1C(=O)N[C@@H](C)c1ccc(S(C)(=O)=O)cc1. The predicted octanol–water partition coefficient (Wildman–Crippen LogP) is 3.45. The fourth-order valence-corrected chi connectivity index (χ4v) is 5.97. The quantitative estimate of drug-likeness (QED) is 0.685. The molecule has 0 bridgehead atoms. The Bertz CT molecular complexity index is 1180. The highest BCUT2D eigenvalue weighted by atomic mass is 32.2. The molecule has 7 nitrogen and oxygen atoms in total. The molecule has 9 heteroatoms. The summed E-state index contributed by atoms with van der Waals surface area (Å²) in [5.74, 6) is -0.380. The summed E-state index contributed by atoms with van der Waals surface area (Å²) in [7, 11) is -6.96. The molecule has 1 aliphatic heterocycles. The number of rotatable bonds is 6. The second kappa shape index (κ2) is 9.72. The number of sulfone groups is 1. The van der Waals surface area contributed by atoms with Crippen LogP contribution in [0.3, 0.4) is 0 Å². The number of carbonyl (C=O) groups is 1. The summed E-state index contributed by atoms with van der Waals surface area (Å²) in [6.07, 6.45) is 4.87. The van der Waals surface area contributed by atoms with Crippen LogP contribution in [0.15, 0.2) is 52.3 Å². The predicted molar refractivity (Wildman–Crippen MR) is 124 cm³/mol. The lowest BCUT2D eigenvalue weighted by atomic mass is 10.1. The Labute approximate surface area is 190 Å². The first kappa shape index (κ1) is 24.4. The molecule has 0 radical (unpaired) electrons. The number of carbonyl (C=O) groups excluding carboxylic acids is 1. The molecule has 32 heavy (non-hydrogen) atoms. The molecule has 1 heterocycles. The summed E-state index contributed by atoms with van der Waals surface area (Å²) in [6.45, 7) is 4.56. The Morgan fingerprint density at radius 1 is 0.906 bits per heavy atom. The number of aryl methyl sites for hydroxylation is 1. The van der Waals surface area contributed by atoms with E-state index in [9.17, 15) is 21.6 Å². The maximum atomic E-state index is 13.1. The summed E-state index contributed by atoms with van der Waals surface area (Å²) in [4.78, 5) is 13.3. The van der Waals surface area contributed by atoms with Crippen molar-refractivity contribution in [1.29, 1.82) is 0 Å². The standard InChI is InChI=1S/C23H30N2O5S2/c1-17-8-11-21(32(29,30)25-14-6-4-5-7-15-25)16-22(17)23(26)24-18(2)19-9-12-20(13-10-19)31(3,27)28/h8-13,16,18H,4-7,14-15H2,1-3H3,(H,24,26)/t18-/m0/s1. The van der Waals surface area contributed by atoms with E-state index in [1.165, 1.54) is 22.5 Å². The van der Waals surface area contributed by atoms with Crippen LogP contribution in [0, 0.1) is 6.92 Å². The molecule has 0 aromatic heterocycles. The summed E-state index contributed by atoms with van der Waals surface area (Å²) >= 11 is 0. The van der Waals surface area contributed by atoms with Crippen molar-refractivity contribution in [2.24, 2.45) is 0 Å². The Morgan fingerprint density at radius 2 is 1.47 bits per heavy atom. The molecule has 0 saturated carbocycles. The zero-order chi connectivity index (χ0) is 23.5. The van der Waals surface area contributed by atoms with E-state index in [2.05, 4.69) is 5.32 Å². The maximum absolute atomic E-state index is 13.1. The van der Waals surface area contributed by atoms with Gasteiger partial charge in [0.05, 0.1) is 15.8 Å². The molecule has 2 aromatic carbocycles. The summed E-state index contributed by atoms with van der Waals surface area (Å²) in [5.41, 5.74) is 1.73. The summed E-state index contributed by atoms with van der Waals surface area (Å²) in [5, 5.41) is 2.88. The largest absolute Gasteiger partial charge is 0.346 e. The second-order valence-electron chi connectivity index (χ2n) is 8.33. The summed E-state index contributed by atoms with van der Waals surface area (Å²) in [6, 6.07) is 10.6. The molecule has 1 atom stereocenters. The third-order valence-corrected chi connectivity index (χ3v) is 8.84. The number of nitrogens with zero attached hydrogens (tertiary/aromatic N) is 1. The Hall–Kier alpha value is -2.23. The van der Waals surface area contributed by atoms with E-state index in [0.717, 1.165) is 37.5 Å². The number of sulfonamides is 1. The fourth-order valence-electron chi connectivity index (χ4n) is 3.80. The van der Waals surface area contributed by atoms with E-state index in [1.54, 1.807) is 38.1 Å². The van der Waals surface area contributed by atoms with Crippen molar-refractivity contribution in [3.63, 3.8) is 0 Å². The molecule has 1 saturated heterocycles. The molecular formula is C23H30N2O5S2. The Kier molecular flexibility index (Phi) is 7.42. The van der Waals surface area contributed by atoms with Gasteiger partial charge in [-0.25, -0.2) is 16.8 Å². The van der Waals surface area contributed by atoms with Crippen LogP contribution in [0.4, 0.5) is 0 Å². The average Bonchev–Trinajstić information content (AvgIpc) is 3.03. The lowest BCUT2D eigenvalue weighted by molar-refractivity contribution is 0.0939. The topological polar surface area (TPSA) is 101 Å². The van der Waals surface area contributed by atoms with Crippen molar-refractivity contribution < 1.29 is 21.6 Å². The van der Waals surface area contributed by atoms with Crippen LogP contribution >= 0.6 is 0 Å². The molecule has 3 rings (SSSR count). The molecule has 2 aromatic rings. The number of amides is 1. The summed E-state index contributed by atoms with van der Waals surface area (Å²) < 4.78 is 51.0. The van der Waals surface area contributed by atoms with Gasteiger partial charge in [-0.2, -0.15) is 4.31 Å². The van der Waals surface area contributed by atoms with E-state index in [4.69, 9.17) is 0 Å². The van der Waals surface area contributed by atoms with E-state index < -0.39 is 19.9 Å². The molecule has 1 N–H and O–H groups in total. The van der Waals surface area contributed by atoms with Crippen LogP contribution in [-0.2, 0) is 19.9 Å². The van der Waals surface area contributed by atoms with Gasteiger partial charge in [-0.1, -0.05) is 31.0 Å². The third-order valence-electron chi connectivity index (χ3n) is 5.81. The van der Waals surface area contributed by atoms with Crippen LogP contribution in [0.25, 0.3) is 0 Å². The average molecular weight is 479 g/mol. The Morgan fingerprint density at radius 3 is 2.03 bits per heavy atom. The zero-order valence-corrected chi connectivity index (χ0v) is 20.3. The van der Waals surface area contributed by atoms with E-state index >= 15 is 0 Å². The maximum Gasteiger partial charge on any atom is 0.252 e. The minimum Gasteiger partial charge on any atom is -0.346 e. The van der Waals surface area contributed by atoms with E-state index in [1.807, 2.05) is 0 Å². The highest BCUT2D eigenvalue weighted by molar-refractivity contribution is 7.90. The van der Waals surface area contributed by atoms with Gasteiger partial charge in [0.25, 0.3) is 5.91 Å². The van der Waals surface area contributed by atoms with Crippen molar-refractivity contribution in [3.8, 4) is 0 Å². The van der Waals surface area contributed by atoms with Crippen molar-refractivity contribution >= 4 is 25.8 Å². The number of benzene rings is 2. The monoisotopic (exact) mass is 478 g/mol. The van der Waals surface area contributed by atoms with Crippen molar-refractivity contribution in [1.82, 2.24) is 9.62 Å². The van der Waals surface area contributed by atoms with Crippen molar-refractivity contribution in [2.75, 3.05) is 19.3 Å². The highest BCUT2D eigenvalue weighted by Crippen LogP contribution is 2.23.